The fourth-order valence-corrected chi connectivity index (χ4v) is 3.54. The van der Waals surface area contributed by atoms with Gasteiger partial charge in [-0.15, -0.1) is 0 Å². The van der Waals surface area contributed by atoms with Crippen molar-refractivity contribution in [1.82, 2.24) is 10.2 Å². The Bertz CT molecular complexity index is 860. The Balaban J connectivity index is 1.47. The largest absolute Gasteiger partial charge is 0.369 e. The summed E-state index contributed by atoms with van der Waals surface area (Å²) in [5.74, 6) is -0.264. The molecule has 1 aliphatic heterocycles. The summed E-state index contributed by atoms with van der Waals surface area (Å²) in [6.07, 6.45) is 0. The van der Waals surface area contributed by atoms with E-state index in [1.807, 2.05) is 0 Å². The molecule has 7 nitrogen and oxygen atoms in total. The van der Waals surface area contributed by atoms with Crippen molar-refractivity contribution in [3.8, 4) is 0 Å². The highest BCUT2D eigenvalue weighted by atomic mass is 16.6. The molecule has 1 heterocycles. The van der Waals surface area contributed by atoms with Crippen LogP contribution in [0.5, 0.6) is 0 Å². The van der Waals surface area contributed by atoms with E-state index in [-0.39, 0.29) is 11.6 Å². The molecule has 0 atom stereocenters. The summed E-state index contributed by atoms with van der Waals surface area (Å²) in [5, 5.41) is 13.9. The molecule has 0 bridgehead atoms. The highest BCUT2D eigenvalue weighted by molar-refractivity contribution is 5.96. The Labute approximate surface area is 165 Å². The highest BCUT2D eigenvalue weighted by Crippen LogP contribution is 2.21. The Hall–Kier alpha value is -2.93. The van der Waals surface area contributed by atoms with E-state index in [1.54, 1.807) is 19.1 Å². The molecule has 0 aromatic heterocycles. The summed E-state index contributed by atoms with van der Waals surface area (Å²) in [7, 11) is 0. The number of anilines is 1. The van der Waals surface area contributed by atoms with E-state index in [4.69, 9.17) is 0 Å². The lowest BCUT2D eigenvalue weighted by Crippen LogP contribution is -2.48. The van der Waals surface area contributed by atoms with E-state index in [1.165, 1.54) is 17.3 Å². The van der Waals surface area contributed by atoms with E-state index in [0.717, 1.165) is 32.7 Å². The number of nitrogens with zero attached hydrogens (tertiary/aromatic N) is 3. The lowest BCUT2D eigenvalue weighted by molar-refractivity contribution is -0.385. The first-order valence-corrected chi connectivity index (χ1v) is 9.52. The molecule has 148 valence electrons. The number of nitro benzene ring substituents is 1. The van der Waals surface area contributed by atoms with Crippen molar-refractivity contribution in [3.05, 3.63) is 69.3 Å². The van der Waals surface area contributed by atoms with E-state index >= 15 is 0 Å². The smallest absolute Gasteiger partial charge is 0.273 e. The van der Waals surface area contributed by atoms with E-state index in [0.29, 0.717) is 17.7 Å². The van der Waals surface area contributed by atoms with Gasteiger partial charge in [-0.3, -0.25) is 19.8 Å². The molecule has 7 heteroatoms. The van der Waals surface area contributed by atoms with Crippen molar-refractivity contribution in [2.75, 3.05) is 44.2 Å². The molecular weight excluding hydrogens is 356 g/mol. The van der Waals surface area contributed by atoms with Gasteiger partial charge < -0.3 is 10.2 Å². The number of carbonyl (C=O) groups excluding carboxylic acids is 1. The van der Waals surface area contributed by atoms with Gasteiger partial charge in [0.2, 0.25) is 0 Å². The number of aryl methyl sites for hydroxylation is 1. The second-order valence-corrected chi connectivity index (χ2v) is 7.13. The van der Waals surface area contributed by atoms with Crippen LogP contribution in [0.1, 0.15) is 21.5 Å². The van der Waals surface area contributed by atoms with Crippen LogP contribution in [-0.4, -0.2) is 55.0 Å². The molecule has 3 rings (SSSR count). The Morgan fingerprint density at radius 3 is 2.50 bits per heavy atom. The van der Waals surface area contributed by atoms with Crippen molar-refractivity contribution >= 4 is 17.3 Å². The first-order valence-electron chi connectivity index (χ1n) is 9.52. The first kappa shape index (κ1) is 19.8. The molecule has 1 saturated heterocycles. The summed E-state index contributed by atoms with van der Waals surface area (Å²) in [5.41, 5.74) is 3.25. The van der Waals surface area contributed by atoms with Gasteiger partial charge in [-0.2, -0.15) is 0 Å². The Morgan fingerprint density at radius 2 is 1.82 bits per heavy atom. The van der Waals surface area contributed by atoms with Crippen molar-refractivity contribution < 1.29 is 9.72 Å². The summed E-state index contributed by atoms with van der Waals surface area (Å²) < 4.78 is 0. The molecule has 0 unspecified atom stereocenters. The minimum Gasteiger partial charge on any atom is -0.369 e. The van der Waals surface area contributed by atoms with Crippen LogP contribution in [0.3, 0.4) is 0 Å². The van der Waals surface area contributed by atoms with Crippen LogP contribution >= 0.6 is 0 Å². The van der Waals surface area contributed by atoms with E-state index < -0.39 is 4.92 Å². The lowest BCUT2D eigenvalue weighted by Gasteiger charge is -2.36. The number of nitro groups is 1. The lowest BCUT2D eigenvalue weighted by atomic mass is 10.1. The molecule has 2 aromatic rings. The number of amides is 1. The molecule has 0 aliphatic carbocycles. The van der Waals surface area contributed by atoms with Crippen molar-refractivity contribution in [2.45, 2.75) is 13.8 Å². The van der Waals surface area contributed by atoms with Crippen LogP contribution in [0.15, 0.2) is 42.5 Å². The highest BCUT2D eigenvalue weighted by Gasteiger charge is 2.19. The number of piperazine rings is 1. The molecule has 1 amide bonds. The maximum Gasteiger partial charge on any atom is 0.273 e. The number of hydrogen-bond acceptors (Lipinski definition) is 5. The van der Waals surface area contributed by atoms with Crippen LogP contribution in [0, 0.1) is 24.0 Å². The molecule has 28 heavy (non-hydrogen) atoms. The number of rotatable bonds is 6. The quantitative estimate of drug-likeness (QED) is 0.614. The predicted octanol–water partition coefficient (Wildman–Crippen LogP) is 2.76. The zero-order valence-corrected chi connectivity index (χ0v) is 16.4. The fraction of sp³-hybridized carbons (Fsp3) is 0.381. The topological polar surface area (TPSA) is 78.7 Å². The SMILES string of the molecule is Cc1cccc(N2CCN(CCNC(=O)c3cccc([N+](=O)[O-])c3C)CC2)c1. The number of nitrogens with one attached hydrogen (secondary N) is 1. The van der Waals surface area contributed by atoms with Gasteiger partial charge in [0.15, 0.2) is 0 Å². The van der Waals surface area contributed by atoms with Crippen LogP contribution in [0.25, 0.3) is 0 Å². The fourth-order valence-electron chi connectivity index (χ4n) is 3.54. The second kappa shape index (κ2) is 8.84. The molecular formula is C21H26N4O3. The number of hydrogen-bond donors (Lipinski definition) is 1. The van der Waals surface area contributed by atoms with Gasteiger partial charge in [0.25, 0.3) is 11.6 Å². The van der Waals surface area contributed by atoms with Crippen molar-refractivity contribution in [1.29, 1.82) is 0 Å². The molecule has 1 N–H and O–H groups in total. The number of benzene rings is 2. The molecule has 0 saturated carbocycles. The van der Waals surface area contributed by atoms with Gasteiger partial charge >= 0.3 is 0 Å². The Kier molecular flexibility index (Phi) is 6.26. The van der Waals surface area contributed by atoms with Crippen LogP contribution in [0.2, 0.25) is 0 Å². The summed E-state index contributed by atoms with van der Waals surface area (Å²) in [6, 6.07) is 13.1. The third-order valence-electron chi connectivity index (χ3n) is 5.20. The van der Waals surface area contributed by atoms with Crippen molar-refractivity contribution in [3.63, 3.8) is 0 Å². The second-order valence-electron chi connectivity index (χ2n) is 7.13. The van der Waals surface area contributed by atoms with Crippen LogP contribution < -0.4 is 10.2 Å². The average Bonchev–Trinajstić information content (AvgIpc) is 2.68. The molecule has 1 aliphatic rings. The molecule has 0 spiro atoms. The Morgan fingerprint density at radius 1 is 1.11 bits per heavy atom. The average molecular weight is 382 g/mol. The predicted molar refractivity (Wildman–Crippen MR) is 110 cm³/mol. The van der Waals surface area contributed by atoms with Gasteiger partial charge in [0.1, 0.15) is 0 Å². The molecule has 0 radical (unpaired) electrons. The van der Waals surface area contributed by atoms with Gasteiger partial charge in [-0.1, -0.05) is 18.2 Å². The van der Waals surface area contributed by atoms with E-state index in [9.17, 15) is 14.9 Å². The normalized spacial score (nSPS) is 14.7. The van der Waals surface area contributed by atoms with Gasteiger partial charge in [-0.25, -0.2) is 0 Å². The van der Waals surface area contributed by atoms with Gasteiger partial charge in [0, 0.05) is 62.1 Å². The maximum atomic E-state index is 12.4. The van der Waals surface area contributed by atoms with E-state index in [2.05, 4.69) is 46.3 Å². The minimum absolute atomic E-state index is 0.0279. The third kappa shape index (κ3) is 4.67. The zero-order chi connectivity index (χ0) is 20.1. The van der Waals surface area contributed by atoms with Gasteiger partial charge in [-0.05, 0) is 37.6 Å². The summed E-state index contributed by atoms with van der Waals surface area (Å²) in [4.78, 5) is 27.7. The number of carbonyl (C=O) groups is 1. The van der Waals surface area contributed by atoms with Crippen LogP contribution in [-0.2, 0) is 0 Å². The van der Waals surface area contributed by atoms with Crippen LogP contribution in [0.4, 0.5) is 11.4 Å². The standard InChI is InChI=1S/C21H26N4O3/c1-16-5-3-6-18(15-16)24-13-11-23(12-14-24)10-9-22-21(26)19-7-4-8-20(17(19)2)25(27)28/h3-8,15H,9-14H2,1-2H3,(H,22,26). The van der Waals surface area contributed by atoms with Crippen molar-refractivity contribution in [2.24, 2.45) is 0 Å². The molecule has 2 aromatic carbocycles. The third-order valence-corrected chi connectivity index (χ3v) is 5.20. The zero-order valence-electron chi connectivity index (χ0n) is 16.4. The first-order chi connectivity index (χ1) is 13.5. The summed E-state index contributed by atoms with van der Waals surface area (Å²) in [6.45, 7) is 8.80. The minimum atomic E-state index is -0.459. The van der Waals surface area contributed by atoms with Gasteiger partial charge in [0.05, 0.1) is 4.92 Å². The molecule has 1 fully saturated rings. The maximum absolute atomic E-state index is 12.4. The monoisotopic (exact) mass is 382 g/mol. The summed E-state index contributed by atoms with van der Waals surface area (Å²) >= 11 is 0.